The number of anilines is 2. The van der Waals surface area contributed by atoms with E-state index in [2.05, 4.69) is 15.7 Å². The predicted octanol–water partition coefficient (Wildman–Crippen LogP) is 5.61. The Balaban J connectivity index is 1.53. The molecule has 1 aliphatic rings. The quantitative estimate of drug-likeness (QED) is 0.277. The fraction of sp³-hybridized carbons (Fsp3) is 0.375. The summed E-state index contributed by atoms with van der Waals surface area (Å²) >= 11 is 7.18. The molecule has 0 fully saturated rings. The van der Waals surface area contributed by atoms with Crippen LogP contribution in [0.4, 0.5) is 15.1 Å². The van der Waals surface area contributed by atoms with E-state index in [9.17, 15) is 9.18 Å². The number of ether oxygens (including phenoxy) is 1. The fourth-order valence-corrected chi connectivity index (χ4v) is 5.74. The van der Waals surface area contributed by atoms with Gasteiger partial charge in [-0.15, -0.1) is 11.3 Å². The van der Waals surface area contributed by atoms with E-state index in [0.717, 1.165) is 58.9 Å². The van der Waals surface area contributed by atoms with Crippen LogP contribution in [0.15, 0.2) is 24.3 Å². The molecule has 3 aromatic rings. The number of aryl methyl sites for hydroxylation is 2. The van der Waals surface area contributed by atoms with Gasteiger partial charge < -0.3 is 15.4 Å². The van der Waals surface area contributed by atoms with Crippen molar-refractivity contribution in [3.05, 3.63) is 63.0 Å². The topological polar surface area (TPSA) is 68.2 Å². The molecule has 0 unspecified atom stereocenters. The van der Waals surface area contributed by atoms with Crippen LogP contribution in [0.3, 0.4) is 0 Å². The van der Waals surface area contributed by atoms with E-state index < -0.39 is 0 Å². The number of nitrogens with one attached hydrogen (secondary N) is 2. The number of hydrogen-bond donors (Lipinski definition) is 2. The molecule has 0 spiro atoms. The summed E-state index contributed by atoms with van der Waals surface area (Å²) in [5.41, 5.74) is 5.17. The van der Waals surface area contributed by atoms with Crippen LogP contribution in [0.1, 0.15) is 57.0 Å². The Morgan fingerprint density at radius 1 is 1.18 bits per heavy atom. The number of benzene rings is 1. The van der Waals surface area contributed by atoms with Crippen molar-refractivity contribution in [1.82, 2.24) is 9.78 Å². The van der Waals surface area contributed by atoms with Gasteiger partial charge in [0.1, 0.15) is 10.8 Å². The Morgan fingerprint density at radius 3 is 2.64 bits per heavy atom. The zero-order valence-electron chi connectivity index (χ0n) is 19.0. The number of nitrogens with zero attached hydrogens (tertiary/aromatic N) is 2. The number of fused-ring (bicyclic) bond motifs is 1. The molecule has 33 heavy (non-hydrogen) atoms. The number of thiocarbonyl (C=S) groups is 1. The molecular formula is C24H27FN4O2S2. The normalized spacial score (nSPS) is 13.2. The minimum atomic E-state index is -0.334. The Hall–Kier alpha value is -2.78. The monoisotopic (exact) mass is 486 g/mol. The lowest BCUT2D eigenvalue weighted by Gasteiger charge is -2.12. The van der Waals surface area contributed by atoms with Crippen molar-refractivity contribution in [2.75, 3.05) is 17.7 Å². The Morgan fingerprint density at radius 2 is 1.91 bits per heavy atom. The van der Waals surface area contributed by atoms with Crippen molar-refractivity contribution >= 4 is 45.3 Å². The van der Waals surface area contributed by atoms with Gasteiger partial charge in [-0.3, -0.25) is 4.68 Å². The molecule has 4 rings (SSSR count). The third-order valence-electron chi connectivity index (χ3n) is 5.90. The first-order chi connectivity index (χ1) is 15.9. The van der Waals surface area contributed by atoms with Crippen molar-refractivity contribution in [1.29, 1.82) is 0 Å². The molecule has 0 saturated carbocycles. The molecule has 0 radical (unpaired) electrons. The van der Waals surface area contributed by atoms with Gasteiger partial charge in [0.25, 0.3) is 0 Å². The summed E-state index contributed by atoms with van der Waals surface area (Å²) in [4.78, 5) is 13.8. The maximum absolute atomic E-state index is 13.2. The Labute approximate surface area is 202 Å². The van der Waals surface area contributed by atoms with Gasteiger partial charge >= 0.3 is 5.97 Å². The SMILES string of the molecule is COC(=O)c1c(NC(=S)Nc2c(C)nn(Cc3ccc(F)cc3)c2C)sc2c1CCCCC2. The number of aromatic nitrogens is 2. The molecule has 1 aliphatic carbocycles. The van der Waals surface area contributed by atoms with E-state index >= 15 is 0 Å². The van der Waals surface area contributed by atoms with Crippen molar-refractivity contribution in [2.24, 2.45) is 0 Å². The molecule has 0 aliphatic heterocycles. The van der Waals surface area contributed by atoms with E-state index in [1.54, 1.807) is 23.5 Å². The predicted molar refractivity (Wildman–Crippen MR) is 134 cm³/mol. The highest BCUT2D eigenvalue weighted by Crippen LogP contribution is 2.38. The molecule has 0 atom stereocenters. The van der Waals surface area contributed by atoms with Crippen molar-refractivity contribution in [3.8, 4) is 0 Å². The first-order valence-electron chi connectivity index (χ1n) is 11.0. The standard InChI is InChI=1S/C24H27FN4O2S2/c1-14-21(15(2)29(28-14)13-16-9-11-17(25)12-10-16)26-24(32)27-22-20(23(30)31-3)18-7-5-4-6-8-19(18)33-22/h9-12H,4-8,13H2,1-3H3,(H2,26,27,32). The van der Waals surface area contributed by atoms with Gasteiger partial charge in [0, 0.05) is 4.88 Å². The molecule has 174 valence electrons. The average Bonchev–Trinajstić information content (AvgIpc) is 3.14. The Bertz CT molecular complexity index is 1180. The number of methoxy groups -OCH3 is 1. The van der Waals surface area contributed by atoms with E-state index in [4.69, 9.17) is 17.0 Å². The number of thiophene rings is 1. The van der Waals surface area contributed by atoms with Crippen LogP contribution in [0.5, 0.6) is 0 Å². The lowest BCUT2D eigenvalue weighted by molar-refractivity contribution is 0.0601. The molecule has 9 heteroatoms. The van der Waals surface area contributed by atoms with Crippen molar-refractivity contribution < 1.29 is 13.9 Å². The Kier molecular flexibility index (Phi) is 7.09. The third kappa shape index (κ3) is 5.09. The van der Waals surface area contributed by atoms with Crippen LogP contribution in [0.25, 0.3) is 0 Å². The van der Waals surface area contributed by atoms with Crippen LogP contribution in [-0.2, 0) is 24.1 Å². The molecule has 2 aromatic heterocycles. The second kappa shape index (κ2) is 10.0. The van der Waals surface area contributed by atoms with Crippen LogP contribution >= 0.6 is 23.6 Å². The first-order valence-corrected chi connectivity index (χ1v) is 12.2. The zero-order valence-corrected chi connectivity index (χ0v) is 20.6. The summed E-state index contributed by atoms with van der Waals surface area (Å²) in [5.74, 6) is -0.595. The first kappa shape index (κ1) is 23.4. The number of esters is 1. The third-order valence-corrected chi connectivity index (χ3v) is 7.31. The lowest BCUT2D eigenvalue weighted by atomic mass is 10.1. The van der Waals surface area contributed by atoms with Crippen molar-refractivity contribution in [3.63, 3.8) is 0 Å². The van der Waals surface area contributed by atoms with Gasteiger partial charge in [-0.25, -0.2) is 9.18 Å². The van der Waals surface area contributed by atoms with Gasteiger partial charge in [-0.05, 0) is 75.0 Å². The van der Waals surface area contributed by atoms with Gasteiger partial charge in [-0.1, -0.05) is 18.6 Å². The van der Waals surface area contributed by atoms with E-state index in [1.807, 2.05) is 18.5 Å². The zero-order chi connectivity index (χ0) is 23.5. The highest BCUT2D eigenvalue weighted by Gasteiger charge is 2.26. The average molecular weight is 487 g/mol. The molecular weight excluding hydrogens is 459 g/mol. The molecule has 2 heterocycles. The molecule has 0 saturated heterocycles. The molecule has 6 nitrogen and oxygen atoms in total. The summed E-state index contributed by atoms with van der Waals surface area (Å²) in [6.07, 6.45) is 5.22. The largest absolute Gasteiger partial charge is 0.465 e. The number of rotatable bonds is 5. The maximum Gasteiger partial charge on any atom is 0.341 e. The maximum atomic E-state index is 13.2. The molecule has 0 amide bonds. The van der Waals surface area contributed by atoms with E-state index in [0.29, 0.717) is 17.2 Å². The summed E-state index contributed by atoms with van der Waals surface area (Å²) in [6, 6.07) is 6.39. The highest BCUT2D eigenvalue weighted by molar-refractivity contribution is 7.80. The number of carbonyl (C=O) groups is 1. The number of hydrogen-bond acceptors (Lipinski definition) is 5. The molecule has 0 bridgehead atoms. The second-order valence-electron chi connectivity index (χ2n) is 8.17. The number of carbonyl (C=O) groups excluding carboxylic acids is 1. The van der Waals surface area contributed by atoms with Gasteiger partial charge in [0.2, 0.25) is 0 Å². The van der Waals surface area contributed by atoms with Gasteiger partial charge in [0.05, 0.1) is 36.3 Å². The van der Waals surface area contributed by atoms with Crippen LogP contribution < -0.4 is 10.6 Å². The van der Waals surface area contributed by atoms with Gasteiger partial charge in [0.15, 0.2) is 5.11 Å². The van der Waals surface area contributed by atoms with Crippen LogP contribution in [0.2, 0.25) is 0 Å². The van der Waals surface area contributed by atoms with Crippen LogP contribution in [0, 0.1) is 19.7 Å². The van der Waals surface area contributed by atoms with Crippen molar-refractivity contribution in [2.45, 2.75) is 52.5 Å². The lowest BCUT2D eigenvalue weighted by Crippen LogP contribution is -2.21. The van der Waals surface area contributed by atoms with E-state index in [-0.39, 0.29) is 11.8 Å². The summed E-state index contributed by atoms with van der Waals surface area (Å²) in [7, 11) is 1.41. The summed E-state index contributed by atoms with van der Waals surface area (Å²) < 4.78 is 20.1. The van der Waals surface area contributed by atoms with Gasteiger partial charge in [-0.2, -0.15) is 5.10 Å². The second-order valence-corrected chi connectivity index (χ2v) is 9.68. The minimum absolute atomic E-state index is 0.261. The summed E-state index contributed by atoms with van der Waals surface area (Å²) in [6.45, 7) is 4.40. The highest BCUT2D eigenvalue weighted by atomic mass is 32.1. The summed E-state index contributed by atoms with van der Waals surface area (Å²) in [5, 5.41) is 12.2. The molecule has 1 aromatic carbocycles. The minimum Gasteiger partial charge on any atom is -0.465 e. The molecule has 2 N–H and O–H groups in total. The number of halogens is 1. The smallest absolute Gasteiger partial charge is 0.341 e. The van der Waals surface area contributed by atoms with Crippen LogP contribution in [-0.4, -0.2) is 28.0 Å². The van der Waals surface area contributed by atoms with E-state index in [1.165, 1.54) is 30.5 Å². The fourth-order valence-electron chi connectivity index (χ4n) is 4.19.